The van der Waals surface area contributed by atoms with Crippen LogP contribution in [0.1, 0.15) is 18.7 Å². The molecule has 1 aromatic rings. The maximum absolute atomic E-state index is 10.3. The van der Waals surface area contributed by atoms with Gasteiger partial charge in [-0.1, -0.05) is 0 Å². The second-order valence-electron chi connectivity index (χ2n) is 3.61. The minimum absolute atomic E-state index is 0.213. The van der Waals surface area contributed by atoms with Gasteiger partial charge < -0.3 is 10.8 Å². The van der Waals surface area contributed by atoms with Gasteiger partial charge in [0.25, 0.3) is 0 Å². The van der Waals surface area contributed by atoms with Crippen LogP contribution in [-0.4, -0.2) is 26.4 Å². The van der Waals surface area contributed by atoms with Gasteiger partial charge in [-0.25, -0.2) is 4.98 Å². The van der Waals surface area contributed by atoms with E-state index in [0.717, 1.165) is 12.8 Å². The quantitative estimate of drug-likeness (QED) is 0.652. The van der Waals surface area contributed by atoms with Crippen LogP contribution in [0.5, 0.6) is 0 Å². The molecule has 3 N–H and O–H groups in total. The summed E-state index contributed by atoms with van der Waals surface area (Å²) < 4.78 is 1.59. The molecule has 1 aromatic heterocycles. The van der Waals surface area contributed by atoms with Crippen molar-refractivity contribution in [3.63, 3.8) is 0 Å². The maximum atomic E-state index is 10.3. The highest BCUT2D eigenvalue weighted by atomic mass is 16.3. The molecule has 1 heterocycles. The fraction of sp³-hybridized carbons (Fsp3) is 0.750. The van der Waals surface area contributed by atoms with E-state index in [2.05, 4.69) is 10.1 Å². The number of aryl methyl sites for hydroxylation is 1. The third kappa shape index (κ3) is 1.24. The summed E-state index contributed by atoms with van der Waals surface area (Å²) in [6.07, 6.45) is 3.50. The number of rotatable bonds is 3. The van der Waals surface area contributed by atoms with E-state index in [1.165, 1.54) is 6.33 Å². The van der Waals surface area contributed by atoms with Crippen molar-refractivity contribution in [1.82, 2.24) is 14.8 Å². The molecule has 0 aromatic carbocycles. The summed E-state index contributed by atoms with van der Waals surface area (Å²) >= 11 is 0. The van der Waals surface area contributed by atoms with Crippen LogP contribution in [0.2, 0.25) is 0 Å². The van der Waals surface area contributed by atoms with Crippen molar-refractivity contribution in [3.8, 4) is 0 Å². The zero-order chi connectivity index (χ0) is 9.47. The average molecular weight is 182 g/mol. The molecule has 1 atom stereocenters. The summed E-state index contributed by atoms with van der Waals surface area (Å²) in [5.41, 5.74) is 4.61. The predicted molar refractivity (Wildman–Crippen MR) is 46.7 cm³/mol. The first-order valence-corrected chi connectivity index (χ1v) is 4.45. The van der Waals surface area contributed by atoms with E-state index in [0.29, 0.717) is 5.82 Å². The minimum atomic E-state index is -0.967. The van der Waals surface area contributed by atoms with E-state index < -0.39 is 5.60 Å². The smallest absolute Gasteiger partial charge is 0.160 e. The molecule has 13 heavy (non-hydrogen) atoms. The maximum Gasteiger partial charge on any atom is 0.160 e. The summed E-state index contributed by atoms with van der Waals surface area (Å²) in [5.74, 6) is 0.845. The molecular weight excluding hydrogens is 168 g/mol. The Balaban J connectivity index is 2.35. The molecule has 0 radical (unpaired) electrons. The molecule has 0 spiro atoms. The molecule has 1 aliphatic rings. The van der Waals surface area contributed by atoms with Crippen molar-refractivity contribution in [2.45, 2.75) is 18.4 Å². The molecule has 1 saturated carbocycles. The number of nitrogens with zero attached hydrogens (tertiary/aromatic N) is 3. The van der Waals surface area contributed by atoms with Gasteiger partial charge in [0.05, 0.1) is 0 Å². The molecule has 2 rings (SSSR count). The third-order valence-electron chi connectivity index (χ3n) is 2.66. The van der Waals surface area contributed by atoms with Gasteiger partial charge in [-0.05, 0) is 18.8 Å². The van der Waals surface area contributed by atoms with Crippen molar-refractivity contribution in [2.24, 2.45) is 18.7 Å². The molecule has 5 nitrogen and oxygen atoms in total. The summed E-state index contributed by atoms with van der Waals surface area (Å²) in [5, 5.41) is 14.2. The Morgan fingerprint density at radius 1 is 1.77 bits per heavy atom. The molecule has 1 unspecified atom stereocenters. The van der Waals surface area contributed by atoms with Gasteiger partial charge in [0, 0.05) is 13.6 Å². The summed E-state index contributed by atoms with van der Waals surface area (Å²) in [7, 11) is 1.77. The van der Waals surface area contributed by atoms with Gasteiger partial charge in [0.1, 0.15) is 11.9 Å². The van der Waals surface area contributed by atoms with E-state index in [1.54, 1.807) is 11.7 Å². The van der Waals surface area contributed by atoms with Crippen molar-refractivity contribution < 1.29 is 5.11 Å². The fourth-order valence-corrected chi connectivity index (χ4v) is 1.69. The van der Waals surface area contributed by atoms with E-state index in [4.69, 9.17) is 5.73 Å². The summed E-state index contributed by atoms with van der Waals surface area (Å²) in [6, 6.07) is 0. The van der Waals surface area contributed by atoms with Crippen LogP contribution >= 0.6 is 0 Å². The lowest BCUT2D eigenvalue weighted by Gasteiger charge is -2.24. The molecule has 0 saturated heterocycles. The van der Waals surface area contributed by atoms with Crippen LogP contribution in [-0.2, 0) is 12.6 Å². The SMILES string of the molecule is Cn1ncnc1C(O)(CN)C1CC1. The standard InChI is InChI=1S/C8H14N4O/c1-12-7(10-5-11-12)8(13,4-9)6-2-3-6/h5-6,13H,2-4,9H2,1H3. The molecular formula is C8H14N4O. The third-order valence-corrected chi connectivity index (χ3v) is 2.66. The number of nitrogens with two attached hydrogens (primary N) is 1. The summed E-state index contributed by atoms with van der Waals surface area (Å²) in [4.78, 5) is 4.04. The van der Waals surface area contributed by atoms with E-state index in [9.17, 15) is 5.11 Å². The van der Waals surface area contributed by atoms with Crippen molar-refractivity contribution in [1.29, 1.82) is 0 Å². The number of hydrogen-bond acceptors (Lipinski definition) is 4. The molecule has 0 amide bonds. The van der Waals surface area contributed by atoms with Crippen LogP contribution < -0.4 is 5.73 Å². The van der Waals surface area contributed by atoms with Crippen LogP contribution in [0.15, 0.2) is 6.33 Å². The minimum Gasteiger partial charge on any atom is -0.380 e. The number of hydrogen-bond donors (Lipinski definition) is 2. The monoisotopic (exact) mass is 182 g/mol. The Hall–Kier alpha value is -0.940. The topological polar surface area (TPSA) is 77.0 Å². The van der Waals surface area contributed by atoms with Gasteiger partial charge in [0.2, 0.25) is 0 Å². The second-order valence-corrected chi connectivity index (χ2v) is 3.61. The molecule has 0 aliphatic heterocycles. The van der Waals surface area contributed by atoms with Crippen LogP contribution in [0.3, 0.4) is 0 Å². The van der Waals surface area contributed by atoms with E-state index in [-0.39, 0.29) is 12.5 Å². The Labute approximate surface area is 76.6 Å². The van der Waals surface area contributed by atoms with Crippen molar-refractivity contribution >= 4 is 0 Å². The number of aromatic nitrogens is 3. The first-order chi connectivity index (χ1) is 6.18. The van der Waals surface area contributed by atoms with E-state index in [1.807, 2.05) is 0 Å². The predicted octanol–water partition coefficient (Wildman–Crippen LogP) is -0.629. The first-order valence-electron chi connectivity index (χ1n) is 4.45. The highest BCUT2D eigenvalue weighted by molar-refractivity contribution is 5.09. The molecule has 72 valence electrons. The van der Waals surface area contributed by atoms with Crippen molar-refractivity contribution in [2.75, 3.05) is 6.54 Å². The Bertz CT molecular complexity index is 307. The second kappa shape index (κ2) is 2.78. The lowest BCUT2D eigenvalue weighted by atomic mass is 9.97. The van der Waals surface area contributed by atoms with Crippen molar-refractivity contribution in [3.05, 3.63) is 12.2 Å². The Kier molecular flexibility index (Phi) is 1.85. The van der Waals surface area contributed by atoms with Crippen LogP contribution in [0, 0.1) is 5.92 Å². The Morgan fingerprint density at radius 3 is 2.85 bits per heavy atom. The van der Waals surface area contributed by atoms with Crippen LogP contribution in [0.25, 0.3) is 0 Å². The van der Waals surface area contributed by atoms with E-state index >= 15 is 0 Å². The van der Waals surface area contributed by atoms with Gasteiger partial charge in [-0.2, -0.15) is 5.10 Å². The normalized spacial score (nSPS) is 21.5. The molecule has 1 aliphatic carbocycles. The number of aliphatic hydroxyl groups is 1. The average Bonchev–Trinajstić information content (AvgIpc) is 2.89. The van der Waals surface area contributed by atoms with Gasteiger partial charge in [0.15, 0.2) is 5.82 Å². The lowest BCUT2D eigenvalue weighted by molar-refractivity contribution is 0.00987. The Morgan fingerprint density at radius 2 is 2.46 bits per heavy atom. The lowest BCUT2D eigenvalue weighted by Crippen LogP contribution is -2.39. The zero-order valence-corrected chi connectivity index (χ0v) is 7.64. The largest absolute Gasteiger partial charge is 0.380 e. The fourth-order valence-electron chi connectivity index (χ4n) is 1.69. The first kappa shape index (κ1) is 8.65. The molecule has 1 fully saturated rings. The van der Waals surface area contributed by atoms with Crippen LogP contribution in [0.4, 0.5) is 0 Å². The highest BCUT2D eigenvalue weighted by Crippen LogP contribution is 2.44. The van der Waals surface area contributed by atoms with Gasteiger partial charge >= 0.3 is 0 Å². The summed E-state index contributed by atoms with van der Waals surface area (Å²) in [6.45, 7) is 0.213. The zero-order valence-electron chi connectivity index (χ0n) is 7.64. The molecule has 5 heteroatoms. The highest BCUT2D eigenvalue weighted by Gasteiger charge is 2.46. The van der Waals surface area contributed by atoms with Gasteiger partial charge in [-0.15, -0.1) is 0 Å². The molecule has 0 bridgehead atoms. The van der Waals surface area contributed by atoms with Gasteiger partial charge in [-0.3, -0.25) is 4.68 Å².